The van der Waals surface area contributed by atoms with Gasteiger partial charge in [0.25, 0.3) is 0 Å². The van der Waals surface area contributed by atoms with E-state index in [1.165, 1.54) is 13.8 Å². The molecule has 2 heterocycles. The van der Waals surface area contributed by atoms with E-state index < -0.39 is 29.7 Å². The summed E-state index contributed by atoms with van der Waals surface area (Å²) in [5, 5.41) is 10.3. The van der Waals surface area contributed by atoms with Crippen LogP contribution in [-0.2, 0) is 23.8 Å². The van der Waals surface area contributed by atoms with E-state index in [1.54, 1.807) is 0 Å². The molecule has 0 amide bonds. The molecule has 0 aliphatic carbocycles. The van der Waals surface area contributed by atoms with Crippen LogP contribution in [0.2, 0.25) is 0 Å². The molecule has 2 saturated heterocycles. The van der Waals surface area contributed by atoms with Crippen LogP contribution in [0.1, 0.15) is 20.3 Å². The first-order chi connectivity index (χ1) is 7.44. The second kappa shape index (κ2) is 3.80. The predicted octanol–water partition coefficient (Wildman–Crippen LogP) is -0.617. The highest BCUT2D eigenvalue weighted by Crippen LogP contribution is 2.37. The van der Waals surface area contributed by atoms with Gasteiger partial charge in [-0.2, -0.15) is 0 Å². The van der Waals surface area contributed by atoms with E-state index in [-0.39, 0.29) is 12.5 Å². The molecule has 2 aliphatic heterocycles. The summed E-state index contributed by atoms with van der Waals surface area (Å²) in [6, 6.07) is 0. The highest BCUT2D eigenvalue weighted by atomic mass is 16.7. The van der Waals surface area contributed by atoms with E-state index in [2.05, 4.69) is 0 Å². The average molecular weight is 230 g/mol. The number of carbonyl (C=O) groups is 2. The predicted molar refractivity (Wildman–Crippen MR) is 50.4 cm³/mol. The van der Waals surface area contributed by atoms with Crippen LogP contribution in [0.4, 0.5) is 0 Å². The van der Waals surface area contributed by atoms with Gasteiger partial charge in [0.2, 0.25) is 5.60 Å². The fourth-order valence-electron chi connectivity index (χ4n) is 2.10. The van der Waals surface area contributed by atoms with E-state index in [4.69, 9.17) is 14.2 Å². The Morgan fingerprint density at radius 3 is 2.69 bits per heavy atom. The first-order valence-electron chi connectivity index (χ1n) is 5.12. The number of aliphatic hydroxyl groups is 1. The van der Waals surface area contributed by atoms with Crippen molar-refractivity contribution >= 4 is 11.8 Å². The van der Waals surface area contributed by atoms with Crippen molar-refractivity contribution in [1.29, 1.82) is 0 Å². The summed E-state index contributed by atoms with van der Waals surface area (Å²) >= 11 is 0. The fraction of sp³-hybridized carbons (Fsp3) is 0.800. The van der Waals surface area contributed by atoms with E-state index in [0.29, 0.717) is 6.61 Å². The number of rotatable bonds is 2. The van der Waals surface area contributed by atoms with E-state index in [0.717, 1.165) is 0 Å². The van der Waals surface area contributed by atoms with Gasteiger partial charge >= 0.3 is 5.97 Å². The minimum Gasteiger partial charge on any atom is -0.459 e. The largest absolute Gasteiger partial charge is 0.459 e. The van der Waals surface area contributed by atoms with Crippen LogP contribution in [0.25, 0.3) is 0 Å². The van der Waals surface area contributed by atoms with E-state index in [9.17, 15) is 14.7 Å². The lowest BCUT2D eigenvalue weighted by Gasteiger charge is -2.39. The quantitative estimate of drug-likeness (QED) is 0.637. The molecule has 6 heteroatoms. The number of hydrogen-bond acceptors (Lipinski definition) is 6. The van der Waals surface area contributed by atoms with Crippen LogP contribution in [0.3, 0.4) is 0 Å². The first kappa shape index (κ1) is 11.5. The van der Waals surface area contributed by atoms with Crippen molar-refractivity contribution < 1.29 is 28.9 Å². The topological polar surface area (TPSA) is 82.1 Å². The molecule has 0 unspecified atom stereocenters. The molecule has 90 valence electrons. The lowest BCUT2D eigenvalue weighted by molar-refractivity contribution is -0.248. The van der Waals surface area contributed by atoms with Crippen LogP contribution in [0.5, 0.6) is 0 Å². The molecule has 0 radical (unpaired) electrons. The Balaban J connectivity index is 2.27. The zero-order valence-electron chi connectivity index (χ0n) is 9.13. The highest BCUT2D eigenvalue weighted by Gasteiger charge is 2.59. The van der Waals surface area contributed by atoms with Crippen molar-refractivity contribution in [2.75, 3.05) is 6.61 Å². The maximum Gasteiger partial charge on any atom is 0.303 e. The maximum absolute atomic E-state index is 11.5. The second-order valence-electron chi connectivity index (χ2n) is 4.14. The number of hydrogen-bond donors (Lipinski definition) is 1. The number of Topliss-reactive ketones (excluding diaryl/α,β-unsaturated/α-hetero) is 1. The second-order valence-corrected chi connectivity index (χ2v) is 4.14. The van der Waals surface area contributed by atoms with Gasteiger partial charge < -0.3 is 19.3 Å². The summed E-state index contributed by atoms with van der Waals surface area (Å²) < 4.78 is 15.5. The molecule has 1 N–H and O–H groups in total. The van der Waals surface area contributed by atoms with Crippen molar-refractivity contribution in [3.63, 3.8) is 0 Å². The van der Waals surface area contributed by atoms with Gasteiger partial charge in [-0.25, -0.2) is 0 Å². The Hall–Kier alpha value is -0.980. The van der Waals surface area contributed by atoms with Crippen LogP contribution in [0.15, 0.2) is 0 Å². The van der Waals surface area contributed by atoms with Crippen molar-refractivity contribution in [2.45, 2.75) is 44.4 Å². The van der Waals surface area contributed by atoms with Gasteiger partial charge in [0, 0.05) is 13.3 Å². The zero-order chi connectivity index (χ0) is 11.9. The van der Waals surface area contributed by atoms with Crippen LogP contribution >= 0.6 is 0 Å². The summed E-state index contributed by atoms with van der Waals surface area (Å²) in [7, 11) is 0. The molecule has 0 aromatic carbocycles. The van der Waals surface area contributed by atoms with Gasteiger partial charge in [-0.3, -0.25) is 9.59 Å². The Morgan fingerprint density at radius 2 is 2.12 bits per heavy atom. The zero-order valence-corrected chi connectivity index (χ0v) is 9.13. The van der Waals surface area contributed by atoms with Gasteiger partial charge in [-0.05, 0) is 6.92 Å². The third-order valence-electron chi connectivity index (χ3n) is 2.95. The lowest BCUT2D eigenvalue weighted by atomic mass is 9.86. The summed E-state index contributed by atoms with van der Waals surface area (Å²) in [6.07, 6.45) is -1.89. The normalized spacial score (nSPS) is 41.8. The van der Waals surface area contributed by atoms with Crippen LogP contribution < -0.4 is 0 Å². The van der Waals surface area contributed by atoms with Gasteiger partial charge in [0.05, 0.1) is 12.7 Å². The smallest absolute Gasteiger partial charge is 0.303 e. The molecule has 2 aliphatic rings. The van der Waals surface area contributed by atoms with Gasteiger partial charge in [0.15, 0.2) is 12.1 Å². The van der Waals surface area contributed by atoms with E-state index >= 15 is 0 Å². The van der Waals surface area contributed by atoms with Gasteiger partial charge in [0.1, 0.15) is 6.10 Å². The standard InChI is InChI=1S/C10H14O6/c1-5(11)10(13)8(15-6(2)12)3-7-4-14-9(10)16-7/h7-9,13H,3-4H2,1-2H3/t7-,8-,9+,10-/m0/s1. The molecule has 2 fully saturated rings. The maximum atomic E-state index is 11.5. The Labute approximate surface area is 92.5 Å². The first-order valence-corrected chi connectivity index (χ1v) is 5.12. The summed E-state index contributed by atoms with van der Waals surface area (Å²) in [5.41, 5.74) is -1.89. The lowest BCUT2D eigenvalue weighted by Crippen LogP contribution is -2.61. The van der Waals surface area contributed by atoms with Crippen molar-refractivity contribution in [3.8, 4) is 0 Å². The minimum absolute atomic E-state index is 0.228. The SMILES string of the molecule is CC(=O)O[C@H]1C[C@H]2CO[C@H](O2)[C@]1(O)C(C)=O. The molecule has 2 bridgehead atoms. The summed E-state index contributed by atoms with van der Waals surface area (Å²) in [5.74, 6) is -1.06. The molecule has 6 nitrogen and oxygen atoms in total. The molecule has 16 heavy (non-hydrogen) atoms. The van der Waals surface area contributed by atoms with Crippen molar-refractivity contribution in [1.82, 2.24) is 0 Å². The number of ether oxygens (including phenoxy) is 3. The Kier molecular flexibility index (Phi) is 2.73. The number of fused-ring (bicyclic) bond motifs is 2. The van der Waals surface area contributed by atoms with Gasteiger partial charge in [-0.15, -0.1) is 0 Å². The third kappa shape index (κ3) is 1.63. The number of ketones is 1. The van der Waals surface area contributed by atoms with Crippen LogP contribution in [0, 0.1) is 0 Å². The molecule has 4 atom stereocenters. The summed E-state index contributed by atoms with van der Waals surface area (Å²) in [6.45, 7) is 2.76. The van der Waals surface area contributed by atoms with E-state index in [1.807, 2.05) is 0 Å². The van der Waals surface area contributed by atoms with Crippen LogP contribution in [-0.4, -0.2) is 47.6 Å². The van der Waals surface area contributed by atoms with Gasteiger partial charge in [-0.1, -0.05) is 0 Å². The molecule has 0 aromatic heterocycles. The third-order valence-corrected chi connectivity index (χ3v) is 2.95. The molecular formula is C10H14O6. The molecular weight excluding hydrogens is 216 g/mol. The highest BCUT2D eigenvalue weighted by molar-refractivity contribution is 5.86. The van der Waals surface area contributed by atoms with Crippen molar-refractivity contribution in [3.05, 3.63) is 0 Å². The molecule has 0 aromatic rings. The number of carbonyl (C=O) groups excluding carboxylic acids is 2. The monoisotopic (exact) mass is 230 g/mol. The molecule has 0 spiro atoms. The Bertz CT molecular complexity index is 327. The fourth-order valence-corrected chi connectivity index (χ4v) is 2.10. The Morgan fingerprint density at radius 1 is 1.44 bits per heavy atom. The van der Waals surface area contributed by atoms with Crippen molar-refractivity contribution in [2.24, 2.45) is 0 Å². The minimum atomic E-state index is -1.89. The number of esters is 1. The average Bonchev–Trinajstić information content (AvgIpc) is 2.58. The molecule has 0 saturated carbocycles. The summed E-state index contributed by atoms with van der Waals surface area (Å²) in [4.78, 5) is 22.4. The molecule has 2 rings (SSSR count).